The second-order valence-corrected chi connectivity index (χ2v) is 8.72. The predicted octanol–water partition coefficient (Wildman–Crippen LogP) is 4.85. The van der Waals surface area contributed by atoms with Crippen LogP contribution in [-0.4, -0.2) is 27.1 Å². The Balaban J connectivity index is 1.86. The maximum absolute atomic E-state index is 12.8. The summed E-state index contributed by atoms with van der Waals surface area (Å²) in [7, 11) is 0. The molecule has 0 aliphatic heterocycles. The Labute approximate surface area is 187 Å². The van der Waals surface area contributed by atoms with Crippen LogP contribution in [0.5, 0.6) is 0 Å². The Morgan fingerprint density at radius 2 is 1.81 bits per heavy atom. The maximum atomic E-state index is 12.8. The minimum atomic E-state index is -4.46. The van der Waals surface area contributed by atoms with Crippen LogP contribution in [0.15, 0.2) is 52.3 Å². The monoisotopic (exact) mass is 465 g/mol. The van der Waals surface area contributed by atoms with Crippen molar-refractivity contribution < 1.29 is 13.2 Å². The minimum Gasteiger partial charge on any atom is -0.387 e. The second-order valence-electron chi connectivity index (χ2n) is 8.32. The van der Waals surface area contributed by atoms with Gasteiger partial charge in [-0.25, -0.2) is 4.79 Å². The van der Waals surface area contributed by atoms with Crippen molar-refractivity contribution in [1.29, 1.82) is 0 Å². The van der Waals surface area contributed by atoms with Gasteiger partial charge in [0.05, 0.1) is 22.1 Å². The fourth-order valence-electron chi connectivity index (χ4n) is 2.86. The Hall–Kier alpha value is -3.07. The molecule has 32 heavy (non-hydrogen) atoms. The Morgan fingerprint density at radius 1 is 1.16 bits per heavy atom. The van der Waals surface area contributed by atoms with Crippen LogP contribution in [0.25, 0.3) is 17.1 Å². The number of aromatic amines is 1. The Bertz CT molecular complexity index is 1190. The molecule has 3 rings (SSSR count). The van der Waals surface area contributed by atoms with Gasteiger partial charge in [0.25, 0.3) is 0 Å². The van der Waals surface area contributed by atoms with Crippen LogP contribution in [0, 0.1) is 5.41 Å². The summed E-state index contributed by atoms with van der Waals surface area (Å²) < 4.78 is 39.3. The molecular formula is C22H23ClF3N5O. The minimum absolute atomic E-state index is 0.199. The number of halogens is 4. The molecule has 0 amide bonds. The van der Waals surface area contributed by atoms with Crippen LogP contribution < -0.4 is 11.4 Å². The van der Waals surface area contributed by atoms with E-state index in [-0.39, 0.29) is 16.9 Å². The van der Waals surface area contributed by atoms with Crippen molar-refractivity contribution in [3.05, 3.63) is 69.1 Å². The van der Waals surface area contributed by atoms with Crippen molar-refractivity contribution >= 4 is 17.4 Å². The van der Waals surface area contributed by atoms with E-state index in [0.717, 1.165) is 22.4 Å². The number of amidine groups is 1. The molecule has 10 heteroatoms. The van der Waals surface area contributed by atoms with E-state index in [1.54, 1.807) is 12.1 Å². The summed E-state index contributed by atoms with van der Waals surface area (Å²) in [5.41, 5.74) is 5.98. The lowest BCUT2D eigenvalue weighted by Crippen LogP contribution is -2.29. The van der Waals surface area contributed by atoms with Gasteiger partial charge in [-0.3, -0.25) is 9.98 Å². The number of aliphatic imine (C=N–C) groups is 1. The van der Waals surface area contributed by atoms with Crippen LogP contribution in [-0.2, 0) is 12.6 Å². The quantitative estimate of drug-likeness (QED) is 0.417. The summed E-state index contributed by atoms with van der Waals surface area (Å²) in [6.45, 7) is 6.43. The van der Waals surface area contributed by atoms with Crippen LogP contribution in [0.3, 0.4) is 0 Å². The highest BCUT2D eigenvalue weighted by atomic mass is 35.5. The number of benzene rings is 2. The number of H-pyrrole nitrogens is 1. The van der Waals surface area contributed by atoms with Crippen LogP contribution >= 0.6 is 11.6 Å². The third-order valence-corrected chi connectivity index (χ3v) is 5.12. The molecule has 0 radical (unpaired) electrons. The van der Waals surface area contributed by atoms with Crippen LogP contribution in [0.1, 0.15) is 31.9 Å². The first-order valence-corrected chi connectivity index (χ1v) is 10.2. The fourth-order valence-corrected chi connectivity index (χ4v) is 3.07. The number of hydrogen-bond acceptors (Lipinski definition) is 3. The summed E-state index contributed by atoms with van der Waals surface area (Å²) in [5, 5.41) is 4.60. The normalized spacial score (nSPS) is 12.9. The van der Waals surface area contributed by atoms with Gasteiger partial charge in [-0.15, -0.1) is 5.10 Å². The number of hydrogen-bond donors (Lipinski definition) is 2. The summed E-state index contributed by atoms with van der Waals surface area (Å²) in [6.07, 6.45) is -3.86. The smallest absolute Gasteiger partial charge is 0.387 e. The molecule has 170 valence electrons. The summed E-state index contributed by atoms with van der Waals surface area (Å²) in [5.74, 6) is 0.769. The molecule has 6 nitrogen and oxygen atoms in total. The van der Waals surface area contributed by atoms with Gasteiger partial charge in [0.15, 0.2) is 5.82 Å². The number of nitrogens with zero attached hydrogens (tertiary/aromatic N) is 3. The molecule has 0 bridgehead atoms. The molecule has 0 fully saturated rings. The molecular weight excluding hydrogens is 443 g/mol. The van der Waals surface area contributed by atoms with E-state index < -0.39 is 17.4 Å². The van der Waals surface area contributed by atoms with Gasteiger partial charge in [0.2, 0.25) is 0 Å². The number of nitrogens with one attached hydrogen (secondary N) is 1. The van der Waals surface area contributed by atoms with Gasteiger partial charge in [-0.2, -0.15) is 17.9 Å². The average molecular weight is 466 g/mol. The highest BCUT2D eigenvalue weighted by Crippen LogP contribution is 2.30. The number of alkyl halides is 3. The van der Waals surface area contributed by atoms with Gasteiger partial charge in [-0.1, -0.05) is 38.4 Å². The molecule has 0 aliphatic rings. The Kier molecular flexibility index (Phi) is 6.50. The molecule has 0 spiro atoms. The molecule has 3 N–H and O–H groups in total. The highest BCUT2D eigenvalue weighted by molar-refractivity contribution is 6.33. The van der Waals surface area contributed by atoms with E-state index in [0.29, 0.717) is 29.4 Å². The zero-order valence-corrected chi connectivity index (χ0v) is 18.6. The van der Waals surface area contributed by atoms with Crippen molar-refractivity contribution in [3.8, 4) is 17.1 Å². The van der Waals surface area contributed by atoms with Gasteiger partial charge in [-0.05, 0) is 48.4 Å². The molecule has 1 heterocycles. The van der Waals surface area contributed by atoms with E-state index in [2.05, 4.69) is 15.1 Å². The lowest BCUT2D eigenvalue weighted by Gasteiger charge is -2.17. The summed E-state index contributed by atoms with van der Waals surface area (Å²) in [4.78, 5) is 19.4. The van der Waals surface area contributed by atoms with E-state index >= 15 is 0 Å². The first kappa shape index (κ1) is 23.6. The third kappa shape index (κ3) is 5.40. The summed E-state index contributed by atoms with van der Waals surface area (Å²) in [6, 6.07) is 9.49. The number of nitrogens with two attached hydrogens (primary N) is 1. The van der Waals surface area contributed by atoms with Crippen molar-refractivity contribution in [3.63, 3.8) is 0 Å². The van der Waals surface area contributed by atoms with Gasteiger partial charge in [0.1, 0.15) is 0 Å². The van der Waals surface area contributed by atoms with Crippen molar-refractivity contribution in [2.45, 2.75) is 33.4 Å². The molecule has 0 unspecified atom stereocenters. The van der Waals surface area contributed by atoms with E-state index in [1.807, 2.05) is 26.8 Å². The molecule has 0 atom stereocenters. The van der Waals surface area contributed by atoms with Crippen molar-refractivity contribution in [1.82, 2.24) is 14.8 Å². The van der Waals surface area contributed by atoms with Crippen LogP contribution in [0.2, 0.25) is 5.02 Å². The number of rotatable bonds is 5. The average Bonchev–Trinajstić information content (AvgIpc) is 3.09. The molecule has 0 aliphatic carbocycles. The first-order valence-electron chi connectivity index (χ1n) is 9.82. The molecule has 0 saturated heterocycles. The van der Waals surface area contributed by atoms with Gasteiger partial charge >= 0.3 is 11.9 Å². The standard InChI is InChI=1S/C22H23ClF3N5O/c1-21(2,3)19(27)28-11-10-13-4-9-17(23)16(12-13)18-29-20(32)31(30-18)15-7-5-14(6-8-15)22(24,25)26/h4-9,12H,10-11H2,1-3H3,(H2,27,28)(H,29,30,32). The number of aromatic nitrogens is 3. The van der Waals surface area contributed by atoms with Gasteiger partial charge < -0.3 is 5.73 Å². The molecule has 3 aromatic rings. The fraction of sp³-hybridized carbons (Fsp3) is 0.318. The van der Waals surface area contributed by atoms with Crippen molar-refractivity contribution in [2.24, 2.45) is 16.1 Å². The third-order valence-electron chi connectivity index (χ3n) is 4.79. The van der Waals surface area contributed by atoms with E-state index in [1.165, 1.54) is 12.1 Å². The molecule has 1 aromatic heterocycles. The lowest BCUT2D eigenvalue weighted by atomic mass is 9.95. The molecule has 2 aromatic carbocycles. The van der Waals surface area contributed by atoms with Crippen molar-refractivity contribution in [2.75, 3.05) is 6.54 Å². The zero-order valence-electron chi connectivity index (χ0n) is 17.8. The highest BCUT2D eigenvalue weighted by Gasteiger charge is 2.30. The summed E-state index contributed by atoms with van der Waals surface area (Å²) >= 11 is 6.31. The van der Waals surface area contributed by atoms with Crippen LogP contribution in [0.4, 0.5) is 13.2 Å². The van der Waals surface area contributed by atoms with Gasteiger partial charge in [0, 0.05) is 17.5 Å². The maximum Gasteiger partial charge on any atom is 0.416 e. The van der Waals surface area contributed by atoms with E-state index in [9.17, 15) is 18.0 Å². The topological polar surface area (TPSA) is 89.1 Å². The van der Waals surface area contributed by atoms with E-state index in [4.69, 9.17) is 17.3 Å². The molecule has 0 saturated carbocycles. The SMILES string of the molecule is CC(C)(C)C(N)=NCCc1ccc(Cl)c(-c2nn(-c3ccc(C(F)(F)F)cc3)c(=O)[nH]2)c1. The Morgan fingerprint density at radius 3 is 2.41 bits per heavy atom. The zero-order chi connectivity index (χ0) is 23.7. The largest absolute Gasteiger partial charge is 0.416 e. The lowest BCUT2D eigenvalue weighted by molar-refractivity contribution is -0.137. The first-order chi connectivity index (χ1) is 14.9. The second kappa shape index (κ2) is 8.82. The predicted molar refractivity (Wildman–Crippen MR) is 119 cm³/mol.